The van der Waals surface area contributed by atoms with Crippen LogP contribution in [-0.4, -0.2) is 31.1 Å². The highest BCUT2D eigenvalue weighted by Gasteiger charge is 2.41. The summed E-state index contributed by atoms with van der Waals surface area (Å²) in [6, 6.07) is -0.244. The van der Waals surface area contributed by atoms with Crippen molar-refractivity contribution in [3.63, 3.8) is 0 Å². The molecule has 0 aromatic carbocycles. The summed E-state index contributed by atoms with van der Waals surface area (Å²) in [5.74, 6) is 0.362. The molecule has 1 aliphatic carbocycles. The van der Waals surface area contributed by atoms with Gasteiger partial charge >= 0.3 is 0 Å². The van der Waals surface area contributed by atoms with Crippen LogP contribution in [0.15, 0.2) is 26.8 Å². The number of nitrogens with zero attached hydrogens (tertiary/aromatic N) is 1. The normalized spacial score (nSPS) is 32.8. The first-order valence-electron chi connectivity index (χ1n) is 5.40. The van der Waals surface area contributed by atoms with E-state index in [-0.39, 0.29) is 17.7 Å². The summed E-state index contributed by atoms with van der Waals surface area (Å²) in [7, 11) is 0. The number of carbonyl (C=O) groups excluding carboxylic acids is 1. The zero-order valence-electron chi connectivity index (χ0n) is 8.66. The lowest BCUT2D eigenvalue weighted by molar-refractivity contribution is -0.122. The summed E-state index contributed by atoms with van der Waals surface area (Å²) >= 11 is 3.42. The molecule has 1 unspecified atom stereocenters. The van der Waals surface area contributed by atoms with Crippen molar-refractivity contribution < 1.29 is 4.79 Å². The Morgan fingerprint density at radius 2 is 2.38 bits per heavy atom. The van der Waals surface area contributed by atoms with E-state index in [0.717, 1.165) is 29.6 Å². The number of fused-ring (bicyclic) bond motifs is 2. The Bertz CT molecular complexity index is 439. The van der Waals surface area contributed by atoms with Crippen molar-refractivity contribution in [1.29, 1.82) is 0 Å². The Kier molecular flexibility index (Phi) is 2.44. The number of hydrogen-bond acceptors (Lipinski definition) is 4. The largest absolute Gasteiger partial charge is 0.313 e. The van der Waals surface area contributed by atoms with Gasteiger partial charge in [-0.25, -0.2) is 0 Å². The number of ketones is 1. The Morgan fingerprint density at radius 1 is 1.50 bits per heavy atom. The van der Waals surface area contributed by atoms with Crippen molar-refractivity contribution in [3.05, 3.63) is 21.7 Å². The smallest absolute Gasteiger partial charge is 0.168 e. The van der Waals surface area contributed by atoms with Crippen molar-refractivity contribution in [2.24, 2.45) is 11.0 Å². The molecule has 0 amide bonds. The van der Waals surface area contributed by atoms with Gasteiger partial charge in [0, 0.05) is 16.9 Å². The quantitative estimate of drug-likeness (QED) is 0.688. The lowest BCUT2D eigenvalue weighted by atomic mass is 9.93. The van der Waals surface area contributed by atoms with Gasteiger partial charge in [0.05, 0.1) is 6.21 Å². The van der Waals surface area contributed by atoms with Crippen molar-refractivity contribution in [3.8, 4) is 0 Å². The fourth-order valence-electron chi connectivity index (χ4n) is 2.59. The van der Waals surface area contributed by atoms with Crippen molar-refractivity contribution >= 4 is 27.9 Å². The molecule has 0 aromatic heterocycles. The van der Waals surface area contributed by atoms with Gasteiger partial charge < -0.3 is 5.32 Å². The standard InChI is InChI=1S/C11H12BrN3O/c12-6-3-8-9-5-13-2-1-7(9)11(16)10(8)15-14-4-6/h3-4,7,10,13,15H,1-2,5H2/t7?,10-/m0/s1. The van der Waals surface area contributed by atoms with Gasteiger partial charge in [-0.2, -0.15) is 5.10 Å². The maximum Gasteiger partial charge on any atom is 0.168 e. The number of halogens is 1. The van der Waals surface area contributed by atoms with E-state index in [9.17, 15) is 4.79 Å². The van der Waals surface area contributed by atoms with Crippen LogP contribution in [0.1, 0.15) is 6.42 Å². The average molecular weight is 282 g/mol. The molecule has 1 saturated heterocycles. The Morgan fingerprint density at radius 3 is 3.25 bits per heavy atom. The van der Waals surface area contributed by atoms with E-state index in [4.69, 9.17) is 0 Å². The molecular weight excluding hydrogens is 270 g/mol. The van der Waals surface area contributed by atoms with Gasteiger partial charge in [0.2, 0.25) is 0 Å². The molecule has 0 spiro atoms. The number of nitrogens with one attached hydrogen (secondary N) is 2. The molecule has 0 aromatic rings. The number of allylic oxidation sites excluding steroid dienone is 1. The molecule has 0 radical (unpaired) electrons. The topological polar surface area (TPSA) is 53.5 Å². The van der Waals surface area contributed by atoms with Gasteiger partial charge in [0.1, 0.15) is 6.04 Å². The first kappa shape index (κ1) is 10.2. The number of Topliss-reactive ketones (excluding diaryl/α,β-unsaturated/α-hetero) is 1. The maximum absolute atomic E-state index is 12.2. The molecule has 1 fully saturated rings. The zero-order valence-corrected chi connectivity index (χ0v) is 10.3. The third-order valence-electron chi connectivity index (χ3n) is 3.34. The van der Waals surface area contributed by atoms with Gasteiger partial charge in [0.25, 0.3) is 0 Å². The number of rotatable bonds is 0. The van der Waals surface area contributed by atoms with Crippen LogP contribution < -0.4 is 10.7 Å². The average Bonchev–Trinajstić information content (AvgIpc) is 2.47. The molecule has 84 valence electrons. The molecule has 2 aliphatic heterocycles. The molecule has 0 bridgehead atoms. The third kappa shape index (κ3) is 1.46. The van der Waals surface area contributed by atoms with Crippen LogP contribution in [0.2, 0.25) is 0 Å². The van der Waals surface area contributed by atoms with Crippen molar-refractivity contribution in [2.45, 2.75) is 12.5 Å². The van der Waals surface area contributed by atoms with Gasteiger partial charge in [-0.05, 0) is 46.1 Å². The Balaban J connectivity index is 2.07. The van der Waals surface area contributed by atoms with Crippen LogP contribution in [-0.2, 0) is 4.79 Å². The molecule has 3 aliphatic rings. The Labute approximate surface area is 102 Å². The minimum absolute atomic E-state index is 0.0959. The van der Waals surface area contributed by atoms with Gasteiger partial charge in [0.15, 0.2) is 5.78 Å². The Hall–Kier alpha value is -0.940. The first-order valence-corrected chi connectivity index (χ1v) is 6.20. The van der Waals surface area contributed by atoms with Gasteiger partial charge in [-0.15, -0.1) is 0 Å². The van der Waals surface area contributed by atoms with E-state index in [1.54, 1.807) is 6.21 Å². The molecule has 2 N–H and O–H groups in total. The van der Waals surface area contributed by atoms with Crippen LogP contribution >= 0.6 is 15.9 Å². The van der Waals surface area contributed by atoms with Crippen molar-refractivity contribution in [1.82, 2.24) is 10.7 Å². The molecule has 0 saturated carbocycles. The van der Waals surface area contributed by atoms with E-state index in [1.807, 2.05) is 6.08 Å². The monoisotopic (exact) mass is 281 g/mol. The first-order chi connectivity index (χ1) is 7.77. The maximum atomic E-state index is 12.2. The predicted octanol–water partition coefficient (Wildman–Crippen LogP) is 0.712. The molecule has 3 rings (SSSR count). The number of hydrogen-bond donors (Lipinski definition) is 2. The van der Waals surface area contributed by atoms with Crippen LogP contribution in [0.25, 0.3) is 0 Å². The minimum Gasteiger partial charge on any atom is -0.313 e. The van der Waals surface area contributed by atoms with E-state index in [1.165, 1.54) is 5.57 Å². The number of piperidine rings is 1. The number of carbonyl (C=O) groups is 1. The highest BCUT2D eigenvalue weighted by atomic mass is 79.9. The molecule has 2 atom stereocenters. The summed E-state index contributed by atoms with van der Waals surface area (Å²) in [4.78, 5) is 12.2. The highest BCUT2D eigenvalue weighted by molar-refractivity contribution is 9.12. The molecule has 2 heterocycles. The summed E-state index contributed by atoms with van der Waals surface area (Å²) in [6.07, 6.45) is 4.60. The van der Waals surface area contributed by atoms with Gasteiger partial charge in [-0.3, -0.25) is 10.2 Å². The van der Waals surface area contributed by atoms with Crippen LogP contribution in [0.3, 0.4) is 0 Å². The molecule has 5 heteroatoms. The van der Waals surface area contributed by atoms with Crippen LogP contribution in [0.4, 0.5) is 0 Å². The summed E-state index contributed by atoms with van der Waals surface area (Å²) < 4.78 is 0.907. The second-order valence-corrected chi connectivity index (χ2v) is 5.17. The van der Waals surface area contributed by atoms with Crippen molar-refractivity contribution in [2.75, 3.05) is 13.1 Å². The lowest BCUT2D eigenvalue weighted by Crippen LogP contribution is -2.36. The molecular formula is C11H12BrN3O. The summed E-state index contributed by atoms with van der Waals surface area (Å²) in [5.41, 5.74) is 5.25. The second-order valence-electron chi connectivity index (χ2n) is 4.25. The minimum atomic E-state index is -0.244. The molecule has 4 nitrogen and oxygen atoms in total. The second kappa shape index (κ2) is 3.82. The fourth-order valence-corrected chi connectivity index (χ4v) is 2.94. The lowest BCUT2D eigenvalue weighted by Gasteiger charge is -2.20. The van der Waals surface area contributed by atoms with Crippen LogP contribution in [0.5, 0.6) is 0 Å². The van der Waals surface area contributed by atoms with E-state index in [2.05, 4.69) is 31.8 Å². The summed E-state index contributed by atoms with van der Waals surface area (Å²) in [6.45, 7) is 1.74. The van der Waals surface area contributed by atoms with E-state index >= 15 is 0 Å². The SMILES string of the molecule is O=C1C2CCNCC2=C2C=C(Br)C=NN[C@H]12. The number of hydrazone groups is 1. The van der Waals surface area contributed by atoms with E-state index in [0.29, 0.717) is 0 Å². The zero-order chi connectivity index (χ0) is 11.1. The fraction of sp³-hybridized carbons (Fsp3) is 0.455. The van der Waals surface area contributed by atoms with Crippen LogP contribution in [0, 0.1) is 5.92 Å². The van der Waals surface area contributed by atoms with E-state index < -0.39 is 0 Å². The predicted molar refractivity (Wildman–Crippen MR) is 65.4 cm³/mol. The van der Waals surface area contributed by atoms with Gasteiger partial charge in [-0.1, -0.05) is 0 Å². The highest BCUT2D eigenvalue weighted by Crippen LogP contribution is 2.35. The summed E-state index contributed by atoms with van der Waals surface area (Å²) in [5, 5.41) is 7.36. The third-order valence-corrected chi connectivity index (χ3v) is 3.77. The molecule has 16 heavy (non-hydrogen) atoms.